The number of rotatable bonds is 8. The standard InChI is InChI=1S/C24H25N3O5S/c1-25(2)24(28)18-27(33(30,31)22-12-10-21(32-3)11-13-22)23-7-5-4-6-20(23)9-8-19-14-16-26(29)17-15-19/h4-17H,18H2,1-3H3/b9-8+. The van der Waals surface area contributed by atoms with Crippen molar-refractivity contribution in [2.24, 2.45) is 0 Å². The first-order valence-electron chi connectivity index (χ1n) is 10.1. The number of hydrogen-bond acceptors (Lipinski definition) is 5. The first-order chi connectivity index (χ1) is 15.7. The van der Waals surface area contributed by atoms with Gasteiger partial charge in [0.15, 0.2) is 12.4 Å². The first-order valence-corrected chi connectivity index (χ1v) is 11.5. The number of hydrogen-bond donors (Lipinski definition) is 0. The normalized spacial score (nSPS) is 11.4. The third-order valence-corrected chi connectivity index (χ3v) is 6.69. The van der Waals surface area contributed by atoms with E-state index in [4.69, 9.17) is 4.74 Å². The van der Waals surface area contributed by atoms with Crippen LogP contribution in [0.15, 0.2) is 78.0 Å². The van der Waals surface area contributed by atoms with Crippen molar-refractivity contribution in [3.05, 3.63) is 89.4 Å². The third-order valence-electron chi connectivity index (χ3n) is 4.91. The van der Waals surface area contributed by atoms with Gasteiger partial charge in [-0.3, -0.25) is 9.10 Å². The highest BCUT2D eigenvalue weighted by molar-refractivity contribution is 7.92. The number of anilines is 1. The lowest BCUT2D eigenvalue weighted by molar-refractivity contribution is -0.605. The number of benzene rings is 2. The van der Waals surface area contributed by atoms with E-state index < -0.39 is 10.0 Å². The van der Waals surface area contributed by atoms with Crippen molar-refractivity contribution in [2.45, 2.75) is 4.90 Å². The Morgan fingerprint density at radius 2 is 1.64 bits per heavy atom. The van der Waals surface area contributed by atoms with Gasteiger partial charge in [0.25, 0.3) is 10.0 Å². The minimum Gasteiger partial charge on any atom is -0.619 e. The molecule has 2 aromatic carbocycles. The highest BCUT2D eigenvalue weighted by Crippen LogP contribution is 2.29. The van der Waals surface area contributed by atoms with Crippen LogP contribution in [0.5, 0.6) is 5.75 Å². The number of likely N-dealkylation sites (N-methyl/N-ethyl adjacent to an activating group) is 1. The molecular weight excluding hydrogens is 442 g/mol. The second kappa shape index (κ2) is 10.2. The monoisotopic (exact) mass is 467 g/mol. The molecule has 172 valence electrons. The number of carbonyl (C=O) groups is 1. The summed E-state index contributed by atoms with van der Waals surface area (Å²) in [5.41, 5.74) is 1.72. The Morgan fingerprint density at radius 3 is 2.24 bits per heavy atom. The summed E-state index contributed by atoms with van der Waals surface area (Å²) in [7, 11) is 0.577. The van der Waals surface area contributed by atoms with Gasteiger partial charge in [-0.2, -0.15) is 4.73 Å². The van der Waals surface area contributed by atoms with Crippen molar-refractivity contribution >= 4 is 33.8 Å². The number of ether oxygens (including phenoxy) is 1. The van der Waals surface area contributed by atoms with E-state index in [-0.39, 0.29) is 17.3 Å². The van der Waals surface area contributed by atoms with Gasteiger partial charge in [-0.1, -0.05) is 30.4 Å². The van der Waals surface area contributed by atoms with E-state index in [1.165, 1.54) is 36.5 Å². The number of amides is 1. The quantitative estimate of drug-likeness (QED) is 0.375. The maximum Gasteiger partial charge on any atom is 0.264 e. The molecule has 0 saturated carbocycles. The van der Waals surface area contributed by atoms with Crippen molar-refractivity contribution < 1.29 is 22.7 Å². The number of methoxy groups -OCH3 is 1. The van der Waals surface area contributed by atoms with Gasteiger partial charge >= 0.3 is 0 Å². The Labute approximate surface area is 193 Å². The molecule has 0 spiro atoms. The summed E-state index contributed by atoms with van der Waals surface area (Å²) in [6.07, 6.45) is 6.27. The van der Waals surface area contributed by atoms with Crippen molar-refractivity contribution in [1.82, 2.24) is 4.90 Å². The summed E-state index contributed by atoms with van der Waals surface area (Å²) in [6.45, 7) is -0.367. The zero-order valence-corrected chi connectivity index (χ0v) is 19.4. The van der Waals surface area contributed by atoms with Gasteiger partial charge < -0.3 is 14.8 Å². The van der Waals surface area contributed by atoms with E-state index >= 15 is 0 Å². The molecule has 0 radical (unpaired) electrons. The molecule has 0 N–H and O–H groups in total. The minimum atomic E-state index is -4.07. The van der Waals surface area contributed by atoms with Crippen LogP contribution in [0.25, 0.3) is 12.2 Å². The molecular formula is C24H25N3O5S. The summed E-state index contributed by atoms with van der Waals surface area (Å²) in [5.74, 6) is 0.157. The van der Waals surface area contributed by atoms with E-state index in [1.807, 2.05) is 0 Å². The molecule has 1 amide bonds. The maximum absolute atomic E-state index is 13.6. The SMILES string of the molecule is COc1ccc(S(=O)(=O)N(CC(=O)N(C)C)c2ccccc2/C=C/c2cc[n+]([O-])cc2)cc1. The molecule has 1 aromatic heterocycles. The summed E-state index contributed by atoms with van der Waals surface area (Å²) in [5, 5.41) is 11.3. The largest absolute Gasteiger partial charge is 0.619 e. The highest BCUT2D eigenvalue weighted by Gasteiger charge is 2.29. The number of aromatic nitrogens is 1. The van der Waals surface area contributed by atoms with Crippen molar-refractivity contribution in [3.63, 3.8) is 0 Å². The molecule has 33 heavy (non-hydrogen) atoms. The van der Waals surface area contributed by atoms with E-state index in [2.05, 4.69) is 0 Å². The predicted molar refractivity (Wildman–Crippen MR) is 127 cm³/mol. The molecule has 0 aliphatic carbocycles. The molecule has 8 nitrogen and oxygen atoms in total. The van der Waals surface area contributed by atoms with Gasteiger partial charge in [0.1, 0.15) is 12.3 Å². The fraction of sp³-hybridized carbons (Fsp3) is 0.167. The Morgan fingerprint density at radius 1 is 1.00 bits per heavy atom. The molecule has 0 unspecified atom stereocenters. The molecule has 0 fully saturated rings. The Balaban J connectivity index is 2.07. The molecule has 0 bridgehead atoms. The Hall–Kier alpha value is -3.85. The van der Waals surface area contributed by atoms with Crippen LogP contribution in [0.2, 0.25) is 0 Å². The molecule has 0 atom stereocenters. The summed E-state index contributed by atoms with van der Waals surface area (Å²) >= 11 is 0. The number of nitrogens with zero attached hydrogens (tertiary/aromatic N) is 3. The molecule has 0 aliphatic rings. The van der Waals surface area contributed by atoms with Crippen LogP contribution < -0.4 is 13.8 Å². The minimum absolute atomic E-state index is 0.0386. The van der Waals surface area contributed by atoms with Gasteiger partial charge in [0.2, 0.25) is 5.91 Å². The topological polar surface area (TPSA) is 93.9 Å². The molecule has 3 aromatic rings. The second-order valence-corrected chi connectivity index (χ2v) is 9.22. The van der Waals surface area contributed by atoms with E-state index in [0.29, 0.717) is 21.7 Å². The van der Waals surface area contributed by atoms with Crippen LogP contribution in [0.1, 0.15) is 11.1 Å². The van der Waals surface area contributed by atoms with Crippen LogP contribution in [-0.2, 0) is 14.8 Å². The number of sulfonamides is 1. The first kappa shape index (κ1) is 23.8. The zero-order chi connectivity index (χ0) is 24.0. The van der Waals surface area contributed by atoms with E-state index in [0.717, 1.165) is 9.87 Å². The Kier molecular flexibility index (Phi) is 7.34. The number of carbonyl (C=O) groups excluding carboxylic acids is 1. The van der Waals surface area contributed by atoms with Crippen LogP contribution in [-0.4, -0.2) is 47.0 Å². The fourth-order valence-electron chi connectivity index (χ4n) is 3.02. The molecule has 0 saturated heterocycles. The lowest BCUT2D eigenvalue weighted by Crippen LogP contribution is -2.40. The highest BCUT2D eigenvalue weighted by atomic mass is 32.2. The molecule has 0 aliphatic heterocycles. The molecule has 1 heterocycles. The van der Waals surface area contributed by atoms with Crippen LogP contribution >= 0.6 is 0 Å². The van der Waals surface area contributed by atoms with Gasteiger partial charge in [0, 0.05) is 26.2 Å². The second-order valence-electron chi connectivity index (χ2n) is 7.36. The maximum atomic E-state index is 13.6. The molecule has 3 rings (SSSR count). The van der Waals surface area contributed by atoms with Crippen LogP contribution in [0, 0.1) is 5.21 Å². The average molecular weight is 468 g/mol. The van der Waals surface area contributed by atoms with Gasteiger partial charge in [-0.25, -0.2) is 8.42 Å². The number of pyridine rings is 1. The van der Waals surface area contributed by atoms with Gasteiger partial charge in [-0.05, 0) is 41.5 Å². The summed E-state index contributed by atoms with van der Waals surface area (Å²) in [6, 6.07) is 16.2. The van der Waals surface area contributed by atoms with Crippen molar-refractivity contribution in [2.75, 3.05) is 32.1 Å². The predicted octanol–water partition coefficient (Wildman–Crippen LogP) is 2.78. The smallest absolute Gasteiger partial charge is 0.264 e. The van der Waals surface area contributed by atoms with Crippen molar-refractivity contribution in [1.29, 1.82) is 0 Å². The zero-order valence-electron chi connectivity index (χ0n) is 18.6. The average Bonchev–Trinajstić information content (AvgIpc) is 2.82. The van der Waals surface area contributed by atoms with Crippen LogP contribution in [0.3, 0.4) is 0 Å². The van der Waals surface area contributed by atoms with Gasteiger partial charge in [0.05, 0.1) is 17.7 Å². The van der Waals surface area contributed by atoms with E-state index in [9.17, 15) is 18.4 Å². The fourth-order valence-corrected chi connectivity index (χ4v) is 4.46. The lowest BCUT2D eigenvalue weighted by atomic mass is 10.1. The molecule has 9 heteroatoms. The summed E-state index contributed by atoms with van der Waals surface area (Å²) < 4.78 is 34.1. The Bertz CT molecular complexity index is 1240. The lowest BCUT2D eigenvalue weighted by Gasteiger charge is -2.27. The third kappa shape index (κ3) is 5.69. The van der Waals surface area contributed by atoms with Crippen molar-refractivity contribution in [3.8, 4) is 5.75 Å². The van der Waals surface area contributed by atoms with E-state index in [1.54, 1.807) is 74.8 Å². The van der Waals surface area contributed by atoms with Gasteiger partial charge in [-0.15, -0.1) is 0 Å². The van der Waals surface area contributed by atoms with Crippen LogP contribution in [0.4, 0.5) is 5.69 Å². The summed E-state index contributed by atoms with van der Waals surface area (Å²) in [4.78, 5) is 14.0. The number of para-hydroxylation sites is 1.